The van der Waals surface area contributed by atoms with Gasteiger partial charge in [0.1, 0.15) is 0 Å². The van der Waals surface area contributed by atoms with E-state index in [4.69, 9.17) is 5.11 Å². The molecule has 0 aliphatic carbocycles. The predicted octanol–water partition coefficient (Wildman–Crippen LogP) is 2.57. The van der Waals surface area contributed by atoms with Crippen LogP contribution in [0.3, 0.4) is 0 Å². The number of ketones is 1. The van der Waals surface area contributed by atoms with Crippen LogP contribution in [0.4, 0.5) is 0 Å². The van der Waals surface area contributed by atoms with Gasteiger partial charge in [-0.15, -0.1) is 0 Å². The van der Waals surface area contributed by atoms with Crippen molar-refractivity contribution in [3.63, 3.8) is 0 Å². The smallest absolute Gasteiger partial charge is 0.372 e. The molecule has 2 N–H and O–H groups in total. The fourth-order valence-corrected chi connectivity index (χ4v) is 2.87. The summed E-state index contributed by atoms with van der Waals surface area (Å²) >= 11 is 4.28. The number of rotatable bonds is 3. The molecule has 1 aromatic heterocycles. The molecule has 0 amide bonds. The highest BCUT2D eigenvalue weighted by Gasteiger charge is 2.17. The van der Waals surface area contributed by atoms with Crippen LogP contribution >= 0.6 is 45.2 Å². The molecule has 1 aromatic carbocycles. The second kappa shape index (κ2) is 4.92. The summed E-state index contributed by atoms with van der Waals surface area (Å²) in [6.07, 6.45) is -0.0752. The van der Waals surface area contributed by atoms with E-state index in [1.54, 1.807) is 0 Å². The Hall–Kier alpha value is -0.640. The molecule has 0 aliphatic rings. The number of aliphatic carboxylic acids is 1. The largest absolute Gasteiger partial charge is 0.475 e. The number of aromatic nitrogens is 1. The van der Waals surface area contributed by atoms with Gasteiger partial charge in [-0.25, -0.2) is 4.79 Å². The summed E-state index contributed by atoms with van der Waals surface area (Å²) in [7, 11) is 0. The highest BCUT2D eigenvalue weighted by Crippen LogP contribution is 2.25. The first-order valence-electron chi connectivity index (χ1n) is 4.70. The molecule has 0 saturated carbocycles. The number of H-pyrrole nitrogens is 1. The molecule has 2 aromatic rings. The molecule has 6 heteroatoms. The third-order valence-electron chi connectivity index (χ3n) is 2.39. The van der Waals surface area contributed by atoms with Crippen molar-refractivity contribution in [2.75, 3.05) is 0 Å². The van der Waals surface area contributed by atoms with Crippen LogP contribution in [-0.2, 0) is 16.0 Å². The van der Waals surface area contributed by atoms with E-state index in [0.29, 0.717) is 0 Å². The predicted molar refractivity (Wildman–Crippen MR) is 80.1 cm³/mol. The number of hydrogen-bond donors (Lipinski definition) is 2. The van der Waals surface area contributed by atoms with Gasteiger partial charge in [-0.2, -0.15) is 0 Å². The van der Waals surface area contributed by atoms with Gasteiger partial charge in [0.25, 0.3) is 0 Å². The molecule has 2 rings (SSSR count). The Morgan fingerprint density at radius 1 is 1.29 bits per heavy atom. The number of carbonyl (C=O) groups excluding carboxylic acids is 1. The monoisotopic (exact) mass is 455 g/mol. The Morgan fingerprint density at radius 3 is 2.65 bits per heavy atom. The first-order valence-corrected chi connectivity index (χ1v) is 6.86. The van der Waals surface area contributed by atoms with Crippen LogP contribution in [-0.4, -0.2) is 21.8 Å². The van der Waals surface area contributed by atoms with Gasteiger partial charge in [0.15, 0.2) is 0 Å². The van der Waals surface area contributed by atoms with Crippen LogP contribution in [0.25, 0.3) is 10.9 Å². The lowest BCUT2D eigenvalue weighted by Gasteiger charge is -1.97. The van der Waals surface area contributed by atoms with Crippen molar-refractivity contribution >= 4 is 67.8 Å². The van der Waals surface area contributed by atoms with Crippen molar-refractivity contribution in [3.8, 4) is 0 Å². The number of carboxylic acids is 1. The SMILES string of the molecule is O=C(O)C(=O)Cc1c(I)[nH]c2cc(I)ccc12. The van der Waals surface area contributed by atoms with E-state index in [1.807, 2.05) is 18.2 Å². The number of aromatic amines is 1. The van der Waals surface area contributed by atoms with Gasteiger partial charge >= 0.3 is 5.97 Å². The van der Waals surface area contributed by atoms with Gasteiger partial charge in [0, 0.05) is 20.9 Å². The standard InChI is InChI=1S/C11H7I2NO3/c12-5-1-2-6-7(4-9(15)11(16)17)10(13)14-8(6)3-5/h1-3,14H,4H2,(H,16,17). The van der Waals surface area contributed by atoms with Crippen LogP contribution < -0.4 is 0 Å². The Morgan fingerprint density at radius 2 is 2.00 bits per heavy atom. The zero-order valence-electron chi connectivity index (χ0n) is 8.46. The average molecular weight is 455 g/mol. The minimum atomic E-state index is -1.39. The maximum Gasteiger partial charge on any atom is 0.372 e. The minimum absolute atomic E-state index is 0.0752. The van der Waals surface area contributed by atoms with E-state index in [-0.39, 0.29) is 6.42 Å². The number of nitrogens with one attached hydrogen (secondary N) is 1. The van der Waals surface area contributed by atoms with Crippen molar-refractivity contribution < 1.29 is 14.7 Å². The molecule has 0 bridgehead atoms. The average Bonchev–Trinajstić information content (AvgIpc) is 2.54. The molecule has 4 nitrogen and oxygen atoms in total. The molecule has 88 valence electrons. The molecule has 0 fully saturated rings. The van der Waals surface area contributed by atoms with Crippen LogP contribution in [0.1, 0.15) is 5.56 Å². The van der Waals surface area contributed by atoms with E-state index >= 15 is 0 Å². The maximum absolute atomic E-state index is 11.3. The molecule has 0 aliphatic heterocycles. The normalized spacial score (nSPS) is 10.7. The topological polar surface area (TPSA) is 70.2 Å². The zero-order valence-corrected chi connectivity index (χ0v) is 12.8. The number of carboxylic acid groups (broad SMARTS) is 1. The fourth-order valence-electron chi connectivity index (χ4n) is 1.60. The van der Waals surface area contributed by atoms with E-state index in [1.165, 1.54) is 0 Å². The Balaban J connectivity index is 2.50. The minimum Gasteiger partial charge on any atom is -0.475 e. The summed E-state index contributed by atoms with van der Waals surface area (Å²) in [5.41, 5.74) is 1.68. The first kappa shape index (κ1) is 12.8. The number of hydrogen-bond acceptors (Lipinski definition) is 2. The molecule has 0 radical (unpaired) electrons. The quantitative estimate of drug-likeness (QED) is 0.553. The van der Waals surface area contributed by atoms with E-state index in [2.05, 4.69) is 50.2 Å². The summed E-state index contributed by atoms with van der Waals surface area (Å²) in [5, 5.41) is 9.53. The first-order chi connectivity index (χ1) is 7.99. The van der Waals surface area contributed by atoms with Gasteiger partial charge < -0.3 is 10.1 Å². The molecule has 0 spiro atoms. The highest BCUT2D eigenvalue weighted by molar-refractivity contribution is 14.1. The van der Waals surface area contributed by atoms with Gasteiger partial charge in [-0.1, -0.05) is 6.07 Å². The third kappa shape index (κ3) is 2.62. The number of benzene rings is 1. The summed E-state index contributed by atoms with van der Waals surface area (Å²) in [4.78, 5) is 25.0. The lowest BCUT2D eigenvalue weighted by atomic mass is 10.1. The number of Topliss-reactive ketones (excluding diaryl/α,β-unsaturated/α-hetero) is 1. The lowest BCUT2D eigenvalue weighted by Crippen LogP contribution is -2.15. The number of carbonyl (C=O) groups is 2. The van der Waals surface area contributed by atoms with Crippen LogP contribution in [0, 0.1) is 7.27 Å². The van der Waals surface area contributed by atoms with Gasteiger partial charge in [-0.3, -0.25) is 4.79 Å². The van der Waals surface area contributed by atoms with Crippen molar-refractivity contribution in [1.82, 2.24) is 4.98 Å². The summed E-state index contributed by atoms with van der Waals surface area (Å²) < 4.78 is 1.90. The maximum atomic E-state index is 11.3. The Labute approximate surface area is 124 Å². The van der Waals surface area contributed by atoms with Crippen LogP contribution in [0.5, 0.6) is 0 Å². The van der Waals surface area contributed by atoms with Crippen molar-refractivity contribution in [1.29, 1.82) is 0 Å². The van der Waals surface area contributed by atoms with Gasteiger partial charge in [0.05, 0.1) is 3.70 Å². The van der Waals surface area contributed by atoms with Crippen molar-refractivity contribution in [2.45, 2.75) is 6.42 Å². The molecular weight excluding hydrogens is 448 g/mol. The van der Waals surface area contributed by atoms with Crippen LogP contribution in [0.15, 0.2) is 18.2 Å². The van der Waals surface area contributed by atoms with Crippen LogP contribution in [0.2, 0.25) is 0 Å². The third-order valence-corrected chi connectivity index (χ3v) is 3.98. The molecule has 0 unspecified atom stereocenters. The van der Waals surface area contributed by atoms with Gasteiger partial charge in [-0.05, 0) is 62.9 Å². The van der Waals surface area contributed by atoms with Crippen molar-refractivity contribution in [3.05, 3.63) is 31.0 Å². The zero-order chi connectivity index (χ0) is 12.6. The lowest BCUT2D eigenvalue weighted by molar-refractivity contribution is -0.148. The van der Waals surface area contributed by atoms with Crippen molar-refractivity contribution in [2.24, 2.45) is 0 Å². The second-order valence-electron chi connectivity index (χ2n) is 3.51. The van der Waals surface area contributed by atoms with E-state index in [0.717, 1.165) is 23.7 Å². The van der Waals surface area contributed by atoms with E-state index in [9.17, 15) is 9.59 Å². The number of fused-ring (bicyclic) bond motifs is 1. The molecule has 0 atom stereocenters. The molecule has 0 saturated heterocycles. The molecule has 1 heterocycles. The second-order valence-corrected chi connectivity index (χ2v) is 5.84. The summed E-state index contributed by atoms with van der Waals surface area (Å²) in [5.74, 6) is -2.18. The molecular formula is C11H7I2NO3. The van der Waals surface area contributed by atoms with E-state index < -0.39 is 11.8 Å². The number of halogens is 2. The Bertz CT molecular complexity index is 618. The summed E-state index contributed by atoms with van der Waals surface area (Å²) in [6, 6.07) is 5.80. The molecule has 17 heavy (non-hydrogen) atoms. The van der Waals surface area contributed by atoms with Gasteiger partial charge in [0.2, 0.25) is 5.78 Å². The summed E-state index contributed by atoms with van der Waals surface area (Å²) in [6.45, 7) is 0. The Kier molecular flexibility index (Phi) is 3.71. The fraction of sp³-hybridized carbons (Fsp3) is 0.0909. The highest BCUT2D eigenvalue weighted by atomic mass is 127.